The molecule has 0 spiro atoms. The first-order valence-electron chi connectivity index (χ1n) is 13.5. The molecule has 4 aromatic rings. The summed E-state index contributed by atoms with van der Waals surface area (Å²) in [7, 11) is 3.84. The number of fused-ring (bicyclic) bond motifs is 1. The van der Waals surface area contributed by atoms with Gasteiger partial charge in [-0.25, -0.2) is 14.4 Å². The summed E-state index contributed by atoms with van der Waals surface area (Å²) >= 11 is 0. The van der Waals surface area contributed by atoms with E-state index in [1.807, 2.05) is 53.2 Å². The fraction of sp³-hybridized carbons (Fsp3) is 0.414. The summed E-state index contributed by atoms with van der Waals surface area (Å²) in [5.74, 6) is -0.513. The van der Waals surface area contributed by atoms with E-state index in [0.29, 0.717) is 37.7 Å². The highest BCUT2D eigenvalue weighted by Gasteiger charge is 2.49. The molecule has 40 heavy (non-hydrogen) atoms. The van der Waals surface area contributed by atoms with Crippen molar-refractivity contribution in [2.75, 3.05) is 40.3 Å². The fourth-order valence-electron chi connectivity index (χ4n) is 6.15. The van der Waals surface area contributed by atoms with Crippen LogP contribution >= 0.6 is 0 Å². The first-order chi connectivity index (χ1) is 19.3. The molecule has 0 atom stereocenters. The predicted octanol–water partition coefficient (Wildman–Crippen LogP) is 3.25. The van der Waals surface area contributed by atoms with Crippen LogP contribution in [0.4, 0.5) is 4.39 Å². The van der Waals surface area contributed by atoms with Crippen LogP contribution in [0.25, 0.3) is 22.3 Å². The maximum absolute atomic E-state index is 14.2. The van der Waals surface area contributed by atoms with Gasteiger partial charge in [-0.05, 0) is 56.8 Å². The van der Waals surface area contributed by atoms with Crippen molar-refractivity contribution in [3.63, 3.8) is 0 Å². The molecule has 1 aliphatic heterocycles. The average Bonchev–Trinajstić information content (AvgIpc) is 3.60. The number of hydrogen-bond acceptors (Lipinski definition) is 7. The summed E-state index contributed by atoms with van der Waals surface area (Å²) in [4.78, 5) is 31.2. The normalized spacial score (nSPS) is 21.5. The smallest absolute Gasteiger partial charge is 0.254 e. The molecule has 2 fully saturated rings. The minimum Gasteiger partial charge on any atom is -0.346 e. The lowest BCUT2D eigenvalue weighted by molar-refractivity contribution is -0.0158. The van der Waals surface area contributed by atoms with Gasteiger partial charge in [-0.1, -0.05) is 0 Å². The molecule has 1 saturated carbocycles. The van der Waals surface area contributed by atoms with Crippen LogP contribution in [0.3, 0.4) is 0 Å². The monoisotopic (exact) mass is 541 g/mol. The van der Waals surface area contributed by atoms with E-state index in [9.17, 15) is 14.4 Å². The standard InChI is InChI=1S/C29H32FN9O/c1-36(2)17-20-11-21(13-23(30)12-20)28(40)38-9-7-37(8-10-38)24-14-29(15-24,4-5-31)39-18-22(16-35-39)26-25-3-6-32-27(25)34-19-33-26/h3,6,11-13,16,18-19,24H,4,7-10,14-15,17H2,1-2H3,(H,32,33,34). The third-order valence-electron chi connectivity index (χ3n) is 8.16. The number of aromatic nitrogens is 5. The molecule has 2 aliphatic rings. The molecule has 6 rings (SSSR count). The van der Waals surface area contributed by atoms with Crippen molar-refractivity contribution in [3.05, 3.63) is 66.1 Å². The van der Waals surface area contributed by atoms with E-state index in [1.54, 1.807) is 6.07 Å². The van der Waals surface area contributed by atoms with Crippen molar-refractivity contribution in [3.8, 4) is 17.3 Å². The van der Waals surface area contributed by atoms with E-state index in [-0.39, 0.29) is 17.3 Å². The molecule has 0 bridgehead atoms. The zero-order valence-corrected chi connectivity index (χ0v) is 22.7. The summed E-state index contributed by atoms with van der Waals surface area (Å²) in [6.45, 7) is 3.25. The second-order valence-corrected chi connectivity index (χ2v) is 11.2. The van der Waals surface area contributed by atoms with Crippen molar-refractivity contribution >= 4 is 16.9 Å². The molecule has 1 aromatic carbocycles. The minimum atomic E-state index is -0.386. The van der Waals surface area contributed by atoms with Crippen molar-refractivity contribution in [2.24, 2.45) is 0 Å². The number of nitrogens with one attached hydrogen (secondary N) is 1. The van der Waals surface area contributed by atoms with Gasteiger partial charge in [0.1, 0.15) is 17.8 Å². The third kappa shape index (κ3) is 4.85. The van der Waals surface area contributed by atoms with Gasteiger partial charge in [-0.3, -0.25) is 14.4 Å². The highest BCUT2D eigenvalue weighted by Crippen LogP contribution is 2.45. The number of piperazine rings is 1. The Bertz CT molecular complexity index is 1570. The van der Waals surface area contributed by atoms with Crippen LogP contribution in [0, 0.1) is 17.1 Å². The molecule has 3 aromatic heterocycles. The highest BCUT2D eigenvalue weighted by molar-refractivity contribution is 5.94. The molecule has 1 N–H and O–H groups in total. The molecule has 0 unspecified atom stereocenters. The van der Waals surface area contributed by atoms with E-state index < -0.39 is 0 Å². The van der Waals surface area contributed by atoms with Crippen LogP contribution in [0.5, 0.6) is 0 Å². The lowest BCUT2D eigenvalue weighted by Crippen LogP contribution is -2.60. The van der Waals surface area contributed by atoms with Gasteiger partial charge in [-0.15, -0.1) is 0 Å². The SMILES string of the molecule is CN(C)Cc1cc(F)cc(C(=O)N2CCN(C3CC(CC#N)(n4cc(-c5ncnc6[nH]ccc56)cn4)C3)CC2)c1. The van der Waals surface area contributed by atoms with Gasteiger partial charge in [0, 0.05) is 67.7 Å². The van der Waals surface area contributed by atoms with Crippen molar-refractivity contribution in [1.82, 2.24) is 39.4 Å². The lowest BCUT2D eigenvalue weighted by Gasteiger charge is -2.52. The maximum Gasteiger partial charge on any atom is 0.254 e. The summed E-state index contributed by atoms with van der Waals surface area (Å²) in [6.07, 6.45) is 9.19. The van der Waals surface area contributed by atoms with Crippen LogP contribution in [-0.4, -0.2) is 91.7 Å². The van der Waals surface area contributed by atoms with Gasteiger partial charge >= 0.3 is 0 Å². The fourth-order valence-corrected chi connectivity index (χ4v) is 6.15. The van der Waals surface area contributed by atoms with E-state index in [1.165, 1.54) is 18.5 Å². The molecule has 1 amide bonds. The summed E-state index contributed by atoms with van der Waals surface area (Å²) in [6, 6.07) is 9.24. The molecule has 10 nitrogen and oxygen atoms in total. The Balaban J connectivity index is 1.10. The van der Waals surface area contributed by atoms with E-state index in [0.717, 1.165) is 53.8 Å². The lowest BCUT2D eigenvalue weighted by atomic mass is 9.70. The molecule has 1 saturated heterocycles. The Hall–Kier alpha value is -4.14. The van der Waals surface area contributed by atoms with Crippen molar-refractivity contribution in [2.45, 2.75) is 37.4 Å². The Morgan fingerprint density at radius 2 is 2.00 bits per heavy atom. The number of carbonyl (C=O) groups is 1. The Kier molecular flexibility index (Phi) is 6.82. The quantitative estimate of drug-likeness (QED) is 0.383. The van der Waals surface area contributed by atoms with Crippen molar-refractivity contribution in [1.29, 1.82) is 5.26 Å². The minimum absolute atomic E-state index is 0.128. The number of amides is 1. The van der Waals surface area contributed by atoms with Gasteiger partial charge in [-0.2, -0.15) is 10.4 Å². The Morgan fingerprint density at radius 3 is 2.75 bits per heavy atom. The van der Waals surface area contributed by atoms with Gasteiger partial charge in [0.25, 0.3) is 5.91 Å². The first-order valence-corrected chi connectivity index (χ1v) is 13.5. The number of carbonyl (C=O) groups excluding carboxylic acids is 1. The predicted molar refractivity (Wildman–Crippen MR) is 148 cm³/mol. The van der Waals surface area contributed by atoms with E-state index in [2.05, 4.69) is 31.0 Å². The number of nitriles is 1. The molecular formula is C29H32FN9O. The van der Waals surface area contributed by atoms with Gasteiger partial charge in [0.05, 0.1) is 29.9 Å². The summed E-state index contributed by atoms with van der Waals surface area (Å²) in [5, 5.41) is 15.3. The molecule has 4 heterocycles. The van der Waals surface area contributed by atoms with Gasteiger partial charge in [0.15, 0.2) is 0 Å². The second-order valence-electron chi connectivity index (χ2n) is 11.2. The number of rotatable bonds is 7. The number of hydrogen-bond donors (Lipinski definition) is 1. The topological polar surface area (TPSA) is 110 Å². The van der Waals surface area contributed by atoms with Crippen LogP contribution in [0.15, 0.2) is 49.2 Å². The number of benzene rings is 1. The van der Waals surface area contributed by atoms with Crippen LogP contribution in [0.2, 0.25) is 0 Å². The maximum atomic E-state index is 14.2. The Labute approximate surface area is 232 Å². The highest BCUT2D eigenvalue weighted by atomic mass is 19.1. The average molecular weight is 542 g/mol. The molecule has 0 radical (unpaired) electrons. The van der Waals surface area contributed by atoms with Crippen molar-refractivity contribution < 1.29 is 9.18 Å². The summed E-state index contributed by atoms with van der Waals surface area (Å²) in [5.41, 5.74) is 3.31. The van der Waals surface area contributed by atoms with E-state index >= 15 is 0 Å². The number of H-pyrrole nitrogens is 1. The van der Waals surface area contributed by atoms with Gasteiger partial charge in [0.2, 0.25) is 0 Å². The van der Waals surface area contributed by atoms with E-state index in [4.69, 9.17) is 0 Å². The summed E-state index contributed by atoms with van der Waals surface area (Å²) < 4.78 is 16.2. The van der Waals surface area contributed by atoms with Crippen LogP contribution in [0.1, 0.15) is 35.2 Å². The molecular weight excluding hydrogens is 509 g/mol. The number of nitrogens with zero attached hydrogens (tertiary/aromatic N) is 8. The Morgan fingerprint density at radius 1 is 1.20 bits per heavy atom. The molecule has 11 heteroatoms. The van der Waals surface area contributed by atoms with Crippen LogP contribution in [-0.2, 0) is 12.1 Å². The number of aromatic amines is 1. The third-order valence-corrected chi connectivity index (χ3v) is 8.16. The number of halogens is 1. The molecule has 206 valence electrons. The molecule has 1 aliphatic carbocycles. The first kappa shape index (κ1) is 26.1. The van der Waals surface area contributed by atoms with Gasteiger partial charge < -0.3 is 14.8 Å². The zero-order chi connectivity index (χ0) is 27.9. The van der Waals surface area contributed by atoms with Crippen LogP contribution < -0.4 is 0 Å². The second kappa shape index (κ2) is 10.4. The zero-order valence-electron chi connectivity index (χ0n) is 22.7. The largest absolute Gasteiger partial charge is 0.346 e.